The van der Waals surface area contributed by atoms with E-state index in [0.29, 0.717) is 9.32 Å². The van der Waals surface area contributed by atoms with Gasteiger partial charge in [-0.2, -0.15) is 13.2 Å². The molecule has 2 N–H and O–H groups in total. The zero-order chi connectivity index (χ0) is 18.6. The van der Waals surface area contributed by atoms with E-state index in [9.17, 15) is 18.0 Å². The first-order valence-corrected chi connectivity index (χ1v) is 8.32. The van der Waals surface area contributed by atoms with Gasteiger partial charge in [0.2, 0.25) is 0 Å². The fourth-order valence-corrected chi connectivity index (χ4v) is 2.65. The molecule has 0 aliphatic heterocycles. The Bertz CT molecular complexity index is 812. The molecule has 0 fully saturated rings. The van der Waals surface area contributed by atoms with Crippen molar-refractivity contribution in [1.82, 2.24) is 5.32 Å². The van der Waals surface area contributed by atoms with Gasteiger partial charge in [-0.25, -0.2) is 0 Å². The third-order valence-corrected chi connectivity index (χ3v) is 3.97. The van der Waals surface area contributed by atoms with Crippen LogP contribution in [0.3, 0.4) is 0 Å². The summed E-state index contributed by atoms with van der Waals surface area (Å²) < 4.78 is 44.8. The van der Waals surface area contributed by atoms with Crippen molar-refractivity contribution in [2.24, 2.45) is 0 Å². The maximum Gasteiger partial charge on any atom is 0.418 e. The molecule has 2 aromatic carbocycles. The van der Waals surface area contributed by atoms with Gasteiger partial charge < -0.3 is 10.1 Å². The summed E-state index contributed by atoms with van der Waals surface area (Å²) in [5.41, 5.74) is -0.830. The van der Waals surface area contributed by atoms with Gasteiger partial charge in [-0.3, -0.25) is 10.1 Å². The maximum absolute atomic E-state index is 13.1. The number of alkyl halides is 3. The van der Waals surface area contributed by atoms with E-state index in [-0.39, 0.29) is 16.4 Å². The van der Waals surface area contributed by atoms with Crippen LogP contribution >= 0.6 is 34.8 Å². The van der Waals surface area contributed by atoms with Gasteiger partial charge in [0.25, 0.3) is 5.91 Å². The van der Waals surface area contributed by atoms with Gasteiger partial charge in [-0.05, 0) is 71.2 Å². The Morgan fingerprint density at radius 2 is 1.92 bits per heavy atom. The SMILES string of the molecule is COc1cccc(C(=O)NC(=S)Nc2ccc(I)cc2C(F)(F)F)c1. The predicted molar refractivity (Wildman–Crippen MR) is 101 cm³/mol. The summed E-state index contributed by atoms with van der Waals surface area (Å²) in [7, 11) is 1.46. The normalized spacial score (nSPS) is 10.9. The number of halogens is 4. The third-order valence-electron chi connectivity index (χ3n) is 3.09. The second-order valence-corrected chi connectivity index (χ2v) is 6.48. The van der Waals surface area contributed by atoms with Gasteiger partial charge in [0.05, 0.1) is 18.4 Å². The van der Waals surface area contributed by atoms with E-state index >= 15 is 0 Å². The van der Waals surface area contributed by atoms with Crippen LogP contribution in [0.2, 0.25) is 0 Å². The topological polar surface area (TPSA) is 50.4 Å². The van der Waals surface area contributed by atoms with Crippen LogP contribution in [-0.2, 0) is 6.18 Å². The highest BCUT2D eigenvalue weighted by molar-refractivity contribution is 14.1. The molecule has 0 aliphatic rings. The first-order chi connectivity index (χ1) is 11.7. The van der Waals surface area contributed by atoms with Crippen LogP contribution in [0.15, 0.2) is 42.5 Å². The molecule has 1 amide bonds. The number of carbonyl (C=O) groups is 1. The van der Waals surface area contributed by atoms with Gasteiger partial charge in [-0.15, -0.1) is 0 Å². The summed E-state index contributed by atoms with van der Waals surface area (Å²) in [6, 6.07) is 10.1. The third kappa shape index (κ3) is 5.30. The molecule has 0 radical (unpaired) electrons. The van der Waals surface area contributed by atoms with Crippen molar-refractivity contribution in [1.29, 1.82) is 0 Å². The van der Waals surface area contributed by atoms with Crippen molar-refractivity contribution in [3.8, 4) is 5.75 Å². The van der Waals surface area contributed by atoms with Crippen molar-refractivity contribution in [2.75, 3.05) is 12.4 Å². The van der Waals surface area contributed by atoms with Crippen LogP contribution in [0.5, 0.6) is 5.75 Å². The van der Waals surface area contributed by atoms with Gasteiger partial charge in [-0.1, -0.05) is 6.07 Å². The molecule has 25 heavy (non-hydrogen) atoms. The first kappa shape index (κ1) is 19.4. The lowest BCUT2D eigenvalue weighted by Gasteiger charge is -2.16. The number of thiocarbonyl (C=S) groups is 1. The van der Waals surface area contributed by atoms with E-state index in [4.69, 9.17) is 17.0 Å². The monoisotopic (exact) mass is 480 g/mol. The number of carbonyl (C=O) groups excluding carboxylic acids is 1. The fraction of sp³-hybridized carbons (Fsp3) is 0.125. The summed E-state index contributed by atoms with van der Waals surface area (Å²) in [6.45, 7) is 0. The second-order valence-electron chi connectivity index (χ2n) is 4.83. The highest BCUT2D eigenvalue weighted by Crippen LogP contribution is 2.35. The Balaban J connectivity index is 2.14. The fourth-order valence-electron chi connectivity index (χ4n) is 1.95. The largest absolute Gasteiger partial charge is 0.497 e. The van der Waals surface area contributed by atoms with E-state index in [1.165, 1.54) is 31.4 Å². The number of rotatable bonds is 3. The van der Waals surface area contributed by atoms with E-state index in [1.807, 2.05) is 0 Å². The number of methoxy groups -OCH3 is 1. The van der Waals surface area contributed by atoms with Crippen LogP contribution in [0.1, 0.15) is 15.9 Å². The molecule has 0 heterocycles. The van der Waals surface area contributed by atoms with Crippen LogP contribution in [0.4, 0.5) is 18.9 Å². The van der Waals surface area contributed by atoms with Crippen molar-refractivity contribution < 1.29 is 22.7 Å². The molecule has 0 bridgehead atoms. The molecule has 0 unspecified atom stereocenters. The first-order valence-electron chi connectivity index (χ1n) is 6.84. The van der Waals surface area contributed by atoms with E-state index < -0.39 is 17.6 Å². The molecule has 2 aromatic rings. The van der Waals surface area contributed by atoms with Crippen LogP contribution in [0, 0.1) is 3.57 Å². The van der Waals surface area contributed by atoms with Gasteiger partial charge in [0, 0.05) is 9.13 Å². The molecule has 0 saturated heterocycles. The Labute approximate surface area is 160 Å². The molecule has 0 spiro atoms. The van der Waals surface area contributed by atoms with Crippen LogP contribution < -0.4 is 15.4 Å². The molecule has 132 valence electrons. The smallest absolute Gasteiger partial charge is 0.418 e. The molecule has 0 aliphatic carbocycles. The number of amides is 1. The number of nitrogens with one attached hydrogen (secondary N) is 2. The Morgan fingerprint density at radius 3 is 2.56 bits per heavy atom. The lowest BCUT2D eigenvalue weighted by molar-refractivity contribution is -0.137. The Kier molecular flexibility index (Phi) is 6.22. The number of hydrogen-bond acceptors (Lipinski definition) is 3. The van der Waals surface area contributed by atoms with Crippen LogP contribution in [-0.4, -0.2) is 18.1 Å². The molecule has 4 nitrogen and oxygen atoms in total. The standard InChI is InChI=1S/C16H12F3IN2O2S/c1-24-11-4-2-3-9(7-11)14(23)22-15(25)21-13-6-5-10(20)8-12(13)16(17,18)19/h2-8H,1H3,(H2,21,22,23,25). The lowest BCUT2D eigenvalue weighted by atomic mass is 10.1. The van der Waals surface area contributed by atoms with E-state index in [1.54, 1.807) is 34.7 Å². The quantitative estimate of drug-likeness (QED) is 0.504. The van der Waals surface area contributed by atoms with Gasteiger partial charge in [0.1, 0.15) is 5.75 Å². The lowest BCUT2D eigenvalue weighted by Crippen LogP contribution is -2.34. The summed E-state index contributed by atoms with van der Waals surface area (Å²) in [5.74, 6) is -0.0843. The van der Waals surface area contributed by atoms with Gasteiger partial charge in [0.15, 0.2) is 5.11 Å². The minimum absolute atomic E-state index is 0.233. The highest BCUT2D eigenvalue weighted by atomic mass is 127. The molecule has 0 atom stereocenters. The number of benzene rings is 2. The minimum Gasteiger partial charge on any atom is -0.497 e. The zero-order valence-electron chi connectivity index (χ0n) is 12.8. The van der Waals surface area contributed by atoms with Crippen molar-refractivity contribution in [3.63, 3.8) is 0 Å². The van der Waals surface area contributed by atoms with Gasteiger partial charge >= 0.3 is 6.18 Å². The molecule has 2 rings (SSSR count). The van der Waals surface area contributed by atoms with Crippen molar-refractivity contribution >= 4 is 51.5 Å². The summed E-state index contributed by atoms with van der Waals surface area (Å²) in [5, 5.41) is 4.53. The molecule has 0 aromatic heterocycles. The highest BCUT2D eigenvalue weighted by Gasteiger charge is 2.34. The second kappa shape index (κ2) is 8.00. The molecule has 9 heteroatoms. The van der Waals surface area contributed by atoms with Crippen molar-refractivity contribution in [3.05, 3.63) is 57.2 Å². The number of ether oxygens (including phenoxy) is 1. The van der Waals surface area contributed by atoms with E-state index in [0.717, 1.165) is 6.07 Å². The average Bonchev–Trinajstić information content (AvgIpc) is 2.55. The number of hydrogen-bond donors (Lipinski definition) is 2. The average molecular weight is 480 g/mol. The van der Waals surface area contributed by atoms with E-state index in [2.05, 4.69) is 10.6 Å². The Morgan fingerprint density at radius 1 is 1.20 bits per heavy atom. The zero-order valence-corrected chi connectivity index (χ0v) is 15.8. The summed E-state index contributed by atoms with van der Waals surface area (Å²) in [6.07, 6.45) is -4.55. The predicted octanol–water partition coefficient (Wildman–Crippen LogP) is 4.45. The van der Waals surface area contributed by atoms with Crippen LogP contribution in [0.25, 0.3) is 0 Å². The molecular weight excluding hydrogens is 468 g/mol. The number of anilines is 1. The maximum atomic E-state index is 13.1. The Hall–Kier alpha value is -1.88. The summed E-state index contributed by atoms with van der Waals surface area (Å²) in [4.78, 5) is 12.1. The molecule has 0 saturated carbocycles. The summed E-state index contributed by atoms with van der Waals surface area (Å²) >= 11 is 6.73. The molecular formula is C16H12F3IN2O2S. The van der Waals surface area contributed by atoms with Crippen molar-refractivity contribution in [2.45, 2.75) is 6.18 Å². The minimum atomic E-state index is -4.55.